The number of nitrogens with one attached hydrogen (secondary N) is 1. The predicted octanol–water partition coefficient (Wildman–Crippen LogP) is 2.19. The lowest BCUT2D eigenvalue weighted by atomic mass is 10.3. The molecule has 0 spiro atoms. The van der Waals surface area contributed by atoms with Crippen molar-refractivity contribution in [2.45, 2.75) is 26.0 Å². The maximum absolute atomic E-state index is 11.5. The van der Waals surface area contributed by atoms with E-state index >= 15 is 0 Å². The van der Waals surface area contributed by atoms with Crippen LogP contribution in [0.2, 0.25) is 0 Å². The maximum Gasteiger partial charge on any atom is 0.264 e. The molecule has 0 bridgehead atoms. The zero-order valence-corrected chi connectivity index (χ0v) is 11.2. The van der Waals surface area contributed by atoms with E-state index in [0.717, 1.165) is 33.0 Å². The summed E-state index contributed by atoms with van der Waals surface area (Å²) >= 11 is 3.81. The molecule has 0 aliphatic rings. The van der Waals surface area contributed by atoms with E-state index < -0.39 is 0 Å². The lowest BCUT2D eigenvalue weighted by Gasteiger charge is -2.03. The van der Waals surface area contributed by atoms with E-state index in [9.17, 15) is 4.79 Å². The monoisotopic (exact) mass is 324 g/mol. The summed E-state index contributed by atoms with van der Waals surface area (Å²) in [7, 11) is 0. The molecule has 0 saturated heterocycles. The van der Waals surface area contributed by atoms with Crippen molar-refractivity contribution in [3.63, 3.8) is 0 Å². The Morgan fingerprint density at radius 2 is 2.21 bits per heavy atom. The number of thioether (sulfide) groups is 1. The Hall–Kier alpha value is -0.0400. The van der Waals surface area contributed by atoms with Gasteiger partial charge in [-0.3, -0.25) is 4.79 Å². The normalized spacial score (nSPS) is 10.5. The fourth-order valence-electron chi connectivity index (χ4n) is 1.06. The first kappa shape index (κ1) is 12.0. The van der Waals surface area contributed by atoms with Gasteiger partial charge in [0.15, 0.2) is 0 Å². The second-order valence-corrected chi connectivity index (χ2v) is 5.12. The molecule has 14 heavy (non-hydrogen) atoms. The van der Waals surface area contributed by atoms with E-state index in [0.29, 0.717) is 0 Å². The van der Waals surface area contributed by atoms with E-state index in [4.69, 9.17) is 0 Å². The Morgan fingerprint density at radius 3 is 2.79 bits per heavy atom. The molecule has 78 valence electrons. The van der Waals surface area contributed by atoms with Crippen LogP contribution < -0.4 is 5.56 Å². The summed E-state index contributed by atoms with van der Waals surface area (Å²) < 4.78 is 0.718. The third-order valence-corrected chi connectivity index (χ3v) is 3.76. The van der Waals surface area contributed by atoms with Gasteiger partial charge in [0.2, 0.25) is 0 Å². The molecular weight excluding hydrogens is 311 g/mol. The second kappa shape index (κ2) is 5.75. The number of hydrogen-bond acceptors (Lipinski definition) is 3. The van der Waals surface area contributed by atoms with Crippen LogP contribution in [0.1, 0.15) is 25.4 Å². The van der Waals surface area contributed by atoms with Gasteiger partial charge >= 0.3 is 0 Å². The van der Waals surface area contributed by atoms with Crippen LogP contribution in [-0.2, 0) is 12.2 Å². The number of hydrogen-bond donors (Lipinski definition) is 1. The Bertz CT molecular complexity index is 364. The number of halogens is 1. The second-order valence-electron chi connectivity index (χ2n) is 2.76. The van der Waals surface area contributed by atoms with Crippen molar-refractivity contribution >= 4 is 34.4 Å². The van der Waals surface area contributed by atoms with E-state index in [1.54, 1.807) is 11.8 Å². The summed E-state index contributed by atoms with van der Waals surface area (Å²) in [5, 5.41) is 0. The first-order valence-corrected chi connectivity index (χ1v) is 6.77. The van der Waals surface area contributed by atoms with Gasteiger partial charge in [0.1, 0.15) is 5.82 Å². The molecule has 1 N–H and O–H groups in total. The van der Waals surface area contributed by atoms with Crippen LogP contribution in [0.5, 0.6) is 0 Å². The molecule has 0 radical (unpaired) electrons. The average Bonchev–Trinajstić information content (AvgIpc) is 2.19. The summed E-state index contributed by atoms with van der Waals surface area (Å²) in [6.45, 7) is 4.11. The summed E-state index contributed by atoms with van der Waals surface area (Å²) in [5.41, 5.74) is 0.894. The Balaban J connectivity index is 2.98. The highest BCUT2D eigenvalue weighted by atomic mass is 127. The molecule has 0 saturated carbocycles. The van der Waals surface area contributed by atoms with Gasteiger partial charge < -0.3 is 4.98 Å². The van der Waals surface area contributed by atoms with Gasteiger partial charge in [-0.15, -0.1) is 0 Å². The summed E-state index contributed by atoms with van der Waals surface area (Å²) in [6, 6.07) is 0. The molecule has 0 amide bonds. The molecule has 1 heterocycles. The Labute approximate surface area is 101 Å². The van der Waals surface area contributed by atoms with Gasteiger partial charge in [-0.1, -0.05) is 13.8 Å². The number of aromatic nitrogens is 2. The SMILES string of the molecule is CCSCc1nc(CC)c(I)c(=O)[nH]1. The van der Waals surface area contributed by atoms with Gasteiger partial charge in [-0.2, -0.15) is 11.8 Å². The summed E-state index contributed by atoms with van der Waals surface area (Å²) in [4.78, 5) is 18.7. The fourth-order valence-corrected chi connectivity index (χ4v) is 2.23. The van der Waals surface area contributed by atoms with E-state index in [1.165, 1.54) is 0 Å². The van der Waals surface area contributed by atoms with Crippen molar-refractivity contribution in [3.05, 3.63) is 25.4 Å². The molecule has 3 nitrogen and oxygen atoms in total. The zero-order chi connectivity index (χ0) is 10.6. The molecule has 1 aromatic heterocycles. The van der Waals surface area contributed by atoms with Gasteiger partial charge in [0.25, 0.3) is 5.56 Å². The molecule has 5 heteroatoms. The molecule has 0 aliphatic carbocycles. The lowest BCUT2D eigenvalue weighted by molar-refractivity contribution is 0.905. The number of H-pyrrole nitrogens is 1. The van der Waals surface area contributed by atoms with Crippen molar-refractivity contribution in [2.24, 2.45) is 0 Å². The number of aryl methyl sites for hydroxylation is 1. The third kappa shape index (κ3) is 2.98. The molecule has 0 aromatic carbocycles. The third-order valence-electron chi connectivity index (χ3n) is 1.76. The van der Waals surface area contributed by atoms with Gasteiger partial charge in [-0.05, 0) is 34.8 Å². The number of rotatable bonds is 4. The largest absolute Gasteiger partial charge is 0.309 e. The quantitative estimate of drug-likeness (QED) is 0.864. The highest BCUT2D eigenvalue weighted by Gasteiger charge is 2.06. The Kier molecular flexibility index (Phi) is 4.94. The van der Waals surface area contributed by atoms with Crippen molar-refractivity contribution in [2.75, 3.05) is 5.75 Å². The standard InChI is InChI=1S/C9H13IN2OS/c1-3-6-8(10)9(13)12-7(11-6)5-14-4-2/h3-5H2,1-2H3,(H,11,12,13). The van der Waals surface area contributed by atoms with Crippen LogP contribution in [0.4, 0.5) is 0 Å². The van der Waals surface area contributed by atoms with Gasteiger partial charge in [-0.25, -0.2) is 4.98 Å². The minimum absolute atomic E-state index is 0.0100. The predicted molar refractivity (Wildman–Crippen MR) is 68.8 cm³/mol. The fraction of sp³-hybridized carbons (Fsp3) is 0.556. The van der Waals surface area contributed by atoms with E-state index in [-0.39, 0.29) is 5.56 Å². The van der Waals surface area contributed by atoms with Crippen molar-refractivity contribution in [1.82, 2.24) is 9.97 Å². The van der Waals surface area contributed by atoms with Crippen molar-refractivity contribution < 1.29 is 0 Å². The van der Waals surface area contributed by atoms with Crippen LogP contribution in [0.3, 0.4) is 0 Å². The molecule has 0 atom stereocenters. The van der Waals surface area contributed by atoms with Crippen molar-refractivity contribution in [1.29, 1.82) is 0 Å². The van der Waals surface area contributed by atoms with Crippen LogP contribution in [-0.4, -0.2) is 15.7 Å². The van der Waals surface area contributed by atoms with Gasteiger partial charge in [0, 0.05) is 0 Å². The molecule has 0 fully saturated rings. The first-order chi connectivity index (χ1) is 6.69. The highest BCUT2D eigenvalue weighted by Crippen LogP contribution is 2.09. The molecule has 0 aliphatic heterocycles. The van der Waals surface area contributed by atoms with Gasteiger partial charge in [0.05, 0.1) is 15.0 Å². The van der Waals surface area contributed by atoms with Crippen LogP contribution >= 0.6 is 34.4 Å². The van der Waals surface area contributed by atoms with E-state index in [1.807, 2.05) is 29.5 Å². The molecule has 1 aromatic rings. The molecular formula is C9H13IN2OS. The van der Waals surface area contributed by atoms with Crippen LogP contribution in [0.15, 0.2) is 4.79 Å². The minimum Gasteiger partial charge on any atom is -0.309 e. The highest BCUT2D eigenvalue weighted by molar-refractivity contribution is 14.1. The first-order valence-electron chi connectivity index (χ1n) is 4.54. The number of nitrogens with zero attached hydrogens (tertiary/aromatic N) is 1. The molecule has 1 rings (SSSR count). The average molecular weight is 324 g/mol. The Morgan fingerprint density at radius 1 is 1.50 bits per heavy atom. The minimum atomic E-state index is -0.0100. The number of aromatic amines is 1. The smallest absolute Gasteiger partial charge is 0.264 e. The van der Waals surface area contributed by atoms with E-state index in [2.05, 4.69) is 16.9 Å². The van der Waals surface area contributed by atoms with Crippen molar-refractivity contribution in [3.8, 4) is 0 Å². The van der Waals surface area contributed by atoms with Crippen LogP contribution in [0, 0.1) is 3.57 Å². The topological polar surface area (TPSA) is 45.8 Å². The van der Waals surface area contributed by atoms with Crippen LogP contribution in [0.25, 0.3) is 0 Å². The summed E-state index contributed by atoms with van der Waals surface area (Å²) in [6.07, 6.45) is 0.811. The lowest BCUT2D eigenvalue weighted by Crippen LogP contribution is -2.17. The summed E-state index contributed by atoms with van der Waals surface area (Å²) in [5.74, 6) is 2.62. The maximum atomic E-state index is 11.5. The molecule has 0 unspecified atom stereocenters. The zero-order valence-electron chi connectivity index (χ0n) is 8.26.